The molecule has 1 rings (SSSR count). The number of carbonyl (C=O) groups is 1. The molecule has 0 bridgehead atoms. The summed E-state index contributed by atoms with van der Waals surface area (Å²) in [5.41, 5.74) is 6.49. The third-order valence-electron chi connectivity index (χ3n) is 2.64. The van der Waals surface area contributed by atoms with Crippen LogP contribution in [-0.2, 0) is 4.79 Å². The molecule has 3 nitrogen and oxygen atoms in total. The van der Waals surface area contributed by atoms with Gasteiger partial charge in [0.1, 0.15) is 0 Å². The second-order valence-electron chi connectivity index (χ2n) is 3.93. The van der Waals surface area contributed by atoms with Gasteiger partial charge in [-0.05, 0) is 44.0 Å². The van der Waals surface area contributed by atoms with Crippen LogP contribution in [0.15, 0.2) is 24.3 Å². The summed E-state index contributed by atoms with van der Waals surface area (Å²) in [7, 11) is 0. The third kappa shape index (κ3) is 4.36. The summed E-state index contributed by atoms with van der Waals surface area (Å²) in [6.45, 7) is 3.16. The zero-order chi connectivity index (χ0) is 12.7. The minimum Gasteiger partial charge on any atom is -0.356 e. The van der Waals surface area contributed by atoms with Gasteiger partial charge in [0.05, 0.1) is 5.92 Å². The molecule has 17 heavy (non-hydrogen) atoms. The Hall–Kier alpha value is -1.06. The molecule has 1 atom stereocenters. The van der Waals surface area contributed by atoms with Crippen molar-refractivity contribution in [3.63, 3.8) is 0 Å². The summed E-state index contributed by atoms with van der Waals surface area (Å²) in [5.74, 6) is -0.0703. The lowest BCUT2D eigenvalue weighted by Gasteiger charge is -2.16. The van der Waals surface area contributed by atoms with Crippen molar-refractivity contribution in [2.75, 3.05) is 13.1 Å². The van der Waals surface area contributed by atoms with Crippen molar-refractivity contribution in [1.29, 1.82) is 0 Å². The number of benzene rings is 1. The Morgan fingerprint density at radius 3 is 2.59 bits per heavy atom. The van der Waals surface area contributed by atoms with Crippen LogP contribution in [0.4, 0.5) is 0 Å². The number of halogens is 1. The summed E-state index contributed by atoms with van der Waals surface area (Å²) >= 11 is 5.84. The van der Waals surface area contributed by atoms with E-state index in [1.807, 2.05) is 31.2 Å². The standard InChI is InChI=1S/C13H19ClN2O/c1-2-16-13(17)12(4-3-9-15)10-5-7-11(14)8-6-10/h5-8,12H,2-4,9,15H2,1H3,(H,16,17). The highest BCUT2D eigenvalue weighted by atomic mass is 35.5. The molecule has 4 heteroatoms. The average molecular weight is 255 g/mol. The van der Waals surface area contributed by atoms with Gasteiger partial charge in [-0.25, -0.2) is 0 Å². The minimum atomic E-state index is -0.129. The number of rotatable bonds is 6. The quantitative estimate of drug-likeness (QED) is 0.819. The van der Waals surface area contributed by atoms with Crippen molar-refractivity contribution in [2.24, 2.45) is 5.73 Å². The molecule has 0 saturated heterocycles. The first-order valence-corrected chi connectivity index (χ1v) is 6.30. The molecule has 0 aromatic heterocycles. The van der Waals surface area contributed by atoms with E-state index >= 15 is 0 Å². The van der Waals surface area contributed by atoms with Crippen molar-refractivity contribution in [2.45, 2.75) is 25.7 Å². The first kappa shape index (κ1) is 14.0. The lowest BCUT2D eigenvalue weighted by molar-refractivity contribution is -0.122. The van der Waals surface area contributed by atoms with E-state index < -0.39 is 0 Å². The van der Waals surface area contributed by atoms with Gasteiger partial charge in [0.25, 0.3) is 0 Å². The molecular weight excluding hydrogens is 236 g/mol. The van der Waals surface area contributed by atoms with E-state index in [1.165, 1.54) is 0 Å². The maximum Gasteiger partial charge on any atom is 0.227 e. The number of hydrogen-bond donors (Lipinski definition) is 2. The van der Waals surface area contributed by atoms with E-state index in [0.717, 1.165) is 18.4 Å². The fraction of sp³-hybridized carbons (Fsp3) is 0.462. The van der Waals surface area contributed by atoms with Crippen LogP contribution in [0, 0.1) is 0 Å². The average Bonchev–Trinajstić information content (AvgIpc) is 2.32. The Bertz CT molecular complexity index is 351. The Morgan fingerprint density at radius 2 is 2.06 bits per heavy atom. The highest BCUT2D eigenvalue weighted by molar-refractivity contribution is 6.30. The molecule has 1 aromatic carbocycles. The van der Waals surface area contributed by atoms with Gasteiger partial charge >= 0.3 is 0 Å². The number of carbonyl (C=O) groups excluding carboxylic acids is 1. The van der Waals surface area contributed by atoms with Gasteiger partial charge in [0, 0.05) is 11.6 Å². The second kappa shape index (κ2) is 7.30. The molecule has 0 aliphatic rings. The maximum atomic E-state index is 11.9. The van der Waals surface area contributed by atoms with Crippen LogP contribution in [0.25, 0.3) is 0 Å². The summed E-state index contributed by atoms with van der Waals surface area (Å²) in [4.78, 5) is 11.9. The SMILES string of the molecule is CCNC(=O)C(CCCN)c1ccc(Cl)cc1. The van der Waals surface area contributed by atoms with Gasteiger partial charge in [0.2, 0.25) is 5.91 Å². The predicted molar refractivity (Wildman–Crippen MR) is 71.2 cm³/mol. The van der Waals surface area contributed by atoms with Crippen LogP contribution in [0.5, 0.6) is 0 Å². The highest BCUT2D eigenvalue weighted by Crippen LogP contribution is 2.23. The van der Waals surface area contributed by atoms with E-state index in [1.54, 1.807) is 0 Å². The van der Waals surface area contributed by atoms with Gasteiger partial charge < -0.3 is 11.1 Å². The third-order valence-corrected chi connectivity index (χ3v) is 2.89. The summed E-state index contributed by atoms with van der Waals surface area (Å²) in [6, 6.07) is 7.43. The molecule has 94 valence electrons. The molecule has 0 heterocycles. The molecule has 0 aliphatic carbocycles. The number of hydrogen-bond acceptors (Lipinski definition) is 2. The fourth-order valence-electron chi connectivity index (χ4n) is 1.76. The Kier molecular flexibility index (Phi) is 6.01. The topological polar surface area (TPSA) is 55.1 Å². The van der Waals surface area contributed by atoms with E-state index in [2.05, 4.69) is 5.32 Å². The van der Waals surface area contributed by atoms with Crippen molar-refractivity contribution >= 4 is 17.5 Å². The Morgan fingerprint density at radius 1 is 1.41 bits per heavy atom. The summed E-state index contributed by atoms with van der Waals surface area (Å²) < 4.78 is 0. The Labute approximate surface area is 107 Å². The smallest absolute Gasteiger partial charge is 0.227 e. The number of amides is 1. The van der Waals surface area contributed by atoms with E-state index in [9.17, 15) is 4.79 Å². The second-order valence-corrected chi connectivity index (χ2v) is 4.37. The normalized spacial score (nSPS) is 12.2. The van der Waals surface area contributed by atoms with Crippen molar-refractivity contribution in [3.05, 3.63) is 34.9 Å². The zero-order valence-corrected chi connectivity index (χ0v) is 10.8. The maximum absolute atomic E-state index is 11.9. The van der Waals surface area contributed by atoms with Gasteiger partial charge in [-0.3, -0.25) is 4.79 Å². The largest absolute Gasteiger partial charge is 0.356 e. The number of likely N-dealkylation sites (N-methyl/N-ethyl adjacent to an activating group) is 1. The lowest BCUT2D eigenvalue weighted by Crippen LogP contribution is -2.29. The van der Waals surface area contributed by atoms with Crippen LogP contribution in [0.1, 0.15) is 31.2 Å². The number of nitrogens with one attached hydrogen (secondary N) is 1. The molecule has 0 radical (unpaired) electrons. The van der Waals surface area contributed by atoms with Crippen molar-refractivity contribution in [3.8, 4) is 0 Å². The van der Waals surface area contributed by atoms with Crippen LogP contribution in [0.2, 0.25) is 5.02 Å². The van der Waals surface area contributed by atoms with Crippen LogP contribution in [-0.4, -0.2) is 19.0 Å². The van der Waals surface area contributed by atoms with Gasteiger partial charge in [-0.2, -0.15) is 0 Å². The molecule has 3 N–H and O–H groups in total. The van der Waals surface area contributed by atoms with Gasteiger partial charge in [-0.15, -0.1) is 0 Å². The monoisotopic (exact) mass is 254 g/mol. The van der Waals surface area contributed by atoms with E-state index in [0.29, 0.717) is 18.1 Å². The van der Waals surface area contributed by atoms with E-state index in [4.69, 9.17) is 17.3 Å². The molecule has 0 saturated carbocycles. The van der Waals surface area contributed by atoms with Crippen LogP contribution in [0.3, 0.4) is 0 Å². The van der Waals surface area contributed by atoms with Gasteiger partial charge in [0.15, 0.2) is 0 Å². The molecule has 0 spiro atoms. The lowest BCUT2D eigenvalue weighted by atomic mass is 9.93. The van der Waals surface area contributed by atoms with Crippen LogP contribution >= 0.6 is 11.6 Å². The zero-order valence-electron chi connectivity index (χ0n) is 10.1. The summed E-state index contributed by atoms with van der Waals surface area (Å²) in [5, 5.41) is 3.54. The van der Waals surface area contributed by atoms with Crippen molar-refractivity contribution in [1.82, 2.24) is 5.32 Å². The van der Waals surface area contributed by atoms with E-state index in [-0.39, 0.29) is 11.8 Å². The molecule has 1 aromatic rings. The summed E-state index contributed by atoms with van der Waals surface area (Å²) in [6.07, 6.45) is 1.61. The molecule has 1 amide bonds. The number of nitrogens with two attached hydrogens (primary N) is 1. The van der Waals surface area contributed by atoms with Crippen LogP contribution < -0.4 is 11.1 Å². The first-order valence-electron chi connectivity index (χ1n) is 5.92. The van der Waals surface area contributed by atoms with Gasteiger partial charge in [-0.1, -0.05) is 23.7 Å². The molecule has 0 aliphatic heterocycles. The molecular formula is C13H19ClN2O. The minimum absolute atomic E-state index is 0.0586. The Balaban J connectivity index is 2.81. The van der Waals surface area contributed by atoms with Crippen molar-refractivity contribution < 1.29 is 4.79 Å². The highest BCUT2D eigenvalue weighted by Gasteiger charge is 2.19. The predicted octanol–water partition coefficient (Wildman–Crippen LogP) is 2.30. The molecule has 0 fully saturated rings. The molecule has 1 unspecified atom stereocenters. The fourth-order valence-corrected chi connectivity index (χ4v) is 1.89. The first-order chi connectivity index (χ1) is 8.19.